The monoisotopic (exact) mass is 477 g/mol. The van der Waals surface area contributed by atoms with E-state index in [1.165, 1.54) is 18.9 Å². The molecule has 0 fully saturated rings. The lowest BCUT2D eigenvalue weighted by atomic mass is 9.93. The lowest BCUT2D eigenvalue weighted by Gasteiger charge is -2.42. The summed E-state index contributed by atoms with van der Waals surface area (Å²) in [6.07, 6.45) is -0.736. The molecule has 0 bridgehead atoms. The van der Waals surface area contributed by atoms with Crippen LogP contribution in [0.4, 0.5) is 4.79 Å². The van der Waals surface area contributed by atoms with Gasteiger partial charge in [-0.2, -0.15) is 0 Å². The normalized spacial score (nSPS) is 13.4. The summed E-state index contributed by atoms with van der Waals surface area (Å²) in [6, 6.07) is 3.58. The molecule has 0 saturated carbocycles. The highest BCUT2D eigenvalue weighted by atomic mass is 16.6. The van der Waals surface area contributed by atoms with Gasteiger partial charge >= 0.3 is 12.1 Å². The van der Waals surface area contributed by atoms with Gasteiger partial charge in [0.15, 0.2) is 0 Å². The van der Waals surface area contributed by atoms with Gasteiger partial charge < -0.3 is 25.0 Å². The van der Waals surface area contributed by atoms with Crippen LogP contribution < -0.4 is 10.6 Å². The second kappa shape index (κ2) is 11.4. The third-order valence-corrected chi connectivity index (χ3v) is 4.76. The number of hydrogen-bond donors (Lipinski definition) is 2. The van der Waals surface area contributed by atoms with Crippen molar-refractivity contribution < 1.29 is 28.7 Å². The van der Waals surface area contributed by atoms with Crippen molar-refractivity contribution >= 4 is 23.9 Å². The molecule has 34 heavy (non-hydrogen) atoms. The Morgan fingerprint density at radius 2 is 1.50 bits per heavy atom. The van der Waals surface area contributed by atoms with E-state index >= 15 is 0 Å². The van der Waals surface area contributed by atoms with Gasteiger partial charge in [-0.1, -0.05) is 29.3 Å². The van der Waals surface area contributed by atoms with Crippen LogP contribution in [0, 0.1) is 13.8 Å². The number of carbonyl (C=O) groups is 4. The first kappa shape index (κ1) is 28.9. The van der Waals surface area contributed by atoms with E-state index in [2.05, 4.69) is 15.4 Å². The number of carbonyl (C=O) groups excluding carboxylic acids is 4. The maximum Gasteiger partial charge on any atom is 0.408 e. The van der Waals surface area contributed by atoms with Gasteiger partial charge in [-0.3, -0.25) is 14.4 Å². The van der Waals surface area contributed by atoms with E-state index in [1.807, 2.05) is 32.0 Å². The van der Waals surface area contributed by atoms with Crippen LogP contribution in [-0.4, -0.2) is 59.6 Å². The maximum absolute atomic E-state index is 13.7. The first-order chi connectivity index (χ1) is 15.5. The highest BCUT2D eigenvalue weighted by Gasteiger charge is 2.41. The van der Waals surface area contributed by atoms with Crippen molar-refractivity contribution in [2.24, 2.45) is 0 Å². The fourth-order valence-electron chi connectivity index (χ4n) is 3.51. The number of methoxy groups -OCH3 is 1. The lowest BCUT2D eigenvalue weighted by molar-refractivity contribution is -0.149. The topological polar surface area (TPSA) is 114 Å². The van der Waals surface area contributed by atoms with Crippen LogP contribution in [-0.2, 0) is 23.9 Å². The van der Waals surface area contributed by atoms with Gasteiger partial charge in [-0.25, -0.2) is 4.79 Å². The number of rotatable bonds is 7. The smallest absolute Gasteiger partial charge is 0.408 e. The second-order valence-corrected chi connectivity index (χ2v) is 10.4. The van der Waals surface area contributed by atoms with Crippen molar-refractivity contribution in [1.82, 2.24) is 15.5 Å². The zero-order valence-corrected chi connectivity index (χ0v) is 22.0. The number of nitrogens with zero attached hydrogens (tertiary/aromatic N) is 1. The Hall–Kier alpha value is -3.10. The molecule has 2 unspecified atom stereocenters. The standard InChI is InChI=1S/C25H39N3O6/c1-15-11-16(2)13-18(12-15)20(21(30)26-14-19(29)33-10)28(24(4,5)6)22(31)17(3)27-23(32)34-25(7,8)9/h11-13,17,20H,14H2,1-10H3,(H,26,30)(H,27,32). The van der Waals surface area contributed by atoms with Gasteiger partial charge in [-0.15, -0.1) is 0 Å². The Morgan fingerprint density at radius 1 is 0.971 bits per heavy atom. The van der Waals surface area contributed by atoms with Crippen LogP contribution >= 0.6 is 0 Å². The first-order valence-corrected chi connectivity index (χ1v) is 11.2. The summed E-state index contributed by atoms with van der Waals surface area (Å²) in [5.41, 5.74) is 0.884. The van der Waals surface area contributed by atoms with E-state index in [0.717, 1.165) is 11.1 Å². The molecule has 0 heterocycles. The fraction of sp³-hybridized carbons (Fsp3) is 0.600. The molecule has 0 radical (unpaired) electrons. The fourth-order valence-corrected chi connectivity index (χ4v) is 3.51. The molecular formula is C25H39N3O6. The first-order valence-electron chi connectivity index (χ1n) is 11.2. The molecule has 9 nitrogen and oxygen atoms in total. The molecule has 9 heteroatoms. The molecule has 0 aromatic heterocycles. The zero-order valence-electron chi connectivity index (χ0n) is 22.0. The molecule has 1 rings (SSSR count). The van der Waals surface area contributed by atoms with Gasteiger partial charge in [-0.05, 0) is 67.9 Å². The molecule has 0 spiro atoms. The van der Waals surface area contributed by atoms with E-state index < -0.39 is 47.1 Å². The Balaban J connectivity index is 3.45. The van der Waals surface area contributed by atoms with Crippen LogP contribution in [0.3, 0.4) is 0 Å². The summed E-state index contributed by atoms with van der Waals surface area (Å²) in [5.74, 6) is -1.63. The lowest BCUT2D eigenvalue weighted by Crippen LogP contribution is -2.58. The molecule has 0 aliphatic heterocycles. The molecule has 1 aromatic rings. The molecular weight excluding hydrogens is 438 g/mol. The second-order valence-electron chi connectivity index (χ2n) is 10.4. The number of benzene rings is 1. The van der Waals surface area contributed by atoms with Crippen LogP contribution in [0.15, 0.2) is 18.2 Å². The summed E-state index contributed by atoms with van der Waals surface area (Å²) < 4.78 is 9.90. The van der Waals surface area contributed by atoms with Crippen molar-refractivity contribution in [1.29, 1.82) is 0 Å². The van der Waals surface area contributed by atoms with E-state index in [9.17, 15) is 19.2 Å². The average Bonchev–Trinajstić information content (AvgIpc) is 2.65. The highest BCUT2D eigenvalue weighted by molar-refractivity contribution is 5.93. The van der Waals surface area contributed by atoms with Crippen molar-refractivity contribution in [3.8, 4) is 0 Å². The SMILES string of the molecule is COC(=O)CNC(=O)C(c1cc(C)cc(C)c1)N(C(=O)C(C)NC(=O)OC(C)(C)C)C(C)(C)C. The number of alkyl carbamates (subject to hydrolysis) is 1. The minimum atomic E-state index is -1.06. The van der Waals surface area contributed by atoms with Gasteiger partial charge in [0.2, 0.25) is 11.8 Å². The van der Waals surface area contributed by atoms with Gasteiger partial charge in [0.1, 0.15) is 24.2 Å². The van der Waals surface area contributed by atoms with Crippen molar-refractivity contribution in [3.05, 3.63) is 34.9 Å². The maximum atomic E-state index is 13.7. The molecule has 1 aromatic carbocycles. The Kier molecular flexibility index (Phi) is 9.66. The number of amides is 3. The van der Waals surface area contributed by atoms with Crippen molar-refractivity contribution in [3.63, 3.8) is 0 Å². The summed E-state index contributed by atoms with van der Waals surface area (Å²) >= 11 is 0. The summed E-state index contributed by atoms with van der Waals surface area (Å²) in [6.45, 7) is 15.6. The summed E-state index contributed by atoms with van der Waals surface area (Å²) in [5, 5.41) is 5.13. The van der Waals surface area contributed by atoms with E-state index in [-0.39, 0.29) is 6.54 Å². The highest BCUT2D eigenvalue weighted by Crippen LogP contribution is 2.31. The number of hydrogen-bond acceptors (Lipinski definition) is 6. The zero-order chi connectivity index (χ0) is 26.4. The van der Waals surface area contributed by atoms with Crippen LogP contribution in [0.5, 0.6) is 0 Å². The third kappa shape index (κ3) is 8.68. The average molecular weight is 478 g/mol. The third-order valence-electron chi connectivity index (χ3n) is 4.76. The molecule has 0 aliphatic rings. The van der Waals surface area contributed by atoms with Gasteiger partial charge in [0.05, 0.1) is 7.11 Å². The number of nitrogens with one attached hydrogen (secondary N) is 2. The van der Waals surface area contributed by atoms with Crippen molar-refractivity contribution in [2.45, 2.75) is 85.5 Å². The predicted octanol–water partition coefficient (Wildman–Crippen LogP) is 3.17. The van der Waals surface area contributed by atoms with Crippen LogP contribution in [0.25, 0.3) is 0 Å². The molecule has 0 saturated heterocycles. The molecule has 3 amide bonds. The number of esters is 1. The summed E-state index contributed by atoms with van der Waals surface area (Å²) in [7, 11) is 1.23. The van der Waals surface area contributed by atoms with Crippen molar-refractivity contribution in [2.75, 3.05) is 13.7 Å². The van der Waals surface area contributed by atoms with E-state index in [1.54, 1.807) is 41.5 Å². The van der Waals surface area contributed by atoms with Gasteiger partial charge in [0, 0.05) is 5.54 Å². The van der Waals surface area contributed by atoms with E-state index in [4.69, 9.17) is 4.74 Å². The Labute approximate surface area is 202 Å². The molecule has 0 aliphatic carbocycles. The minimum Gasteiger partial charge on any atom is -0.468 e. The predicted molar refractivity (Wildman–Crippen MR) is 129 cm³/mol. The molecule has 2 atom stereocenters. The largest absolute Gasteiger partial charge is 0.468 e. The van der Waals surface area contributed by atoms with Crippen LogP contribution in [0.1, 0.15) is 71.2 Å². The molecule has 2 N–H and O–H groups in total. The Bertz CT molecular complexity index is 894. The summed E-state index contributed by atoms with van der Waals surface area (Å²) in [4.78, 5) is 52.4. The van der Waals surface area contributed by atoms with Gasteiger partial charge in [0.25, 0.3) is 0 Å². The van der Waals surface area contributed by atoms with E-state index in [0.29, 0.717) is 5.56 Å². The molecule has 190 valence electrons. The minimum absolute atomic E-state index is 0.339. The Morgan fingerprint density at radius 3 is 1.94 bits per heavy atom. The van der Waals surface area contributed by atoms with Crippen LogP contribution in [0.2, 0.25) is 0 Å². The number of ether oxygens (including phenoxy) is 2. The number of aryl methyl sites for hydroxylation is 2. The quantitative estimate of drug-likeness (QED) is 0.583.